The quantitative estimate of drug-likeness (QED) is 0.752. The van der Waals surface area contributed by atoms with Gasteiger partial charge in [-0.15, -0.1) is 0 Å². The van der Waals surface area contributed by atoms with Crippen LogP contribution in [0.2, 0.25) is 5.02 Å². The summed E-state index contributed by atoms with van der Waals surface area (Å²) in [6, 6.07) is 6.91. The van der Waals surface area contributed by atoms with Gasteiger partial charge in [-0.1, -0.05) is 17.7 Å². The van der Waals surface area contributed by atoms with Crippen LogP contribution in [0.25, 0.3) is 0 Å². The molecule has 0 saturated heterocycles. The monoisotopic (exact) mass is 294 g/mol. The molecule has 4 nitrogen and oxygen atoms in total. The molecule has 0 amide bonds. The topological polar surface area (TPSA) is 75.3 Å². The molecule has 2 aromatic carbocycles. The molecule has 0 radical (unpaired) electrons. The molecule has 4 N–H and O–H groups in total. The summed E-state index contributed by atoms with van der Waals surface area (Å²) in [4.78, 5) is 11.2. The first kappa shape index (κ1) is 14.1. The molecule has 0 heterocycles. The third-order valence-corrected chi connectivity index (χ3v) is 3.10. The van der Waals surface area contributed by atoms with Crippen molar-refractivity contribution in [3.8, 4) is 0 Å². The minimum Gasteiger partial charge on any atom is -0.478 e. The van der Waals surface area contributed by atoms with Crippen LogP contribution in [0, 0.1) is 12.7 Å². The number of benzene rings is 2. The summed E-state index contributed by atoms with van der Waals surface area (Å²) >= 11 is 6.02. The van der Waals surface area contributed by atoms with Gasteiger partial charge in [0.1, 0.15) is 5.82 Å². The summed E-state index contributed by atoms with van der Waals surface area (Å²) < 4.78 is 13.3. The molecular formula is C14H12ClFN2O2. The van der Waals surface area contributed by atoms with Gasteiger partial charge in [0.15, 0.2) is 0 Å². The molecule has 20 heavy (non-hydrogen) atoms. The summed E-state index contributed by atoms with van der Waals surface area (Å²) in [6.07, 6.45) is 0. The van der Waals surface area contributed by atoms with Crippen molar-refractivity contribution in [3.05, 3.63) is 52.3 Å². The Morgan fingerprint density at radius 2 is 2.05 bits per heavy atom. The highest BCUT2D eigenvalue weighted by Gasteiger charge is 2.16. The Morgan fingerprint density at radius 1 is 1.35 bits per heavy atom. The summed E-state index contributed by atoms with van der Waals surface area (Å²) in [5.41, 5.74) is 7.14. The number of aryl methyl sites for hydroxylation is 1. The number of nitrogens with one attached hydrogen (secondary N) is 1. The number of rotatable bonds is 3. The predicted molar refractivity (Wildman–Crippen MR) is 77.2 cm³/mol. The number of hydrogen-bond acceptors (Lipinski definition) is 3. The number of carboxylic acids is 1. The van der Waals surface area contributed by atoms with E-state index >= 15 is 0 Å². The van der Waals surface area contributed by atoms with Crippen LogP contribution < -0.4 is 11.1 Å². The maximum atomic E-state index is 13.3. The highest BCUT2D eigenvalue weighted by molar-refractivity contribution is 6.34. The maximum absolute atomic E-state index is 13.3. The molecule has 0 aromatic heterocycles. The van der Waals surface area contributed by atoms with Crippen LogP contribution in [0.4, 0.5) is 21.5 Å². The lowest BCUT2D eigenvalue weighted by atomic mass is 10.1. The van der Waals surface area contributed by atoms with Crippen LogP contribution in [-0.2, 0) is 0 Å². The second-order valence-electron chi connectivity index (χ2n) is 4.31. The minimum atomic E-state index is -1.17. The van der Waals surface area contributed by atoms with Crippen molar-refractivity contribution < 1.29 is 14.3 Å². The molecule has 0 bridgehead atoms. The molecule has 0 aliphatic carbocycles. The van der Waals surface area contributed by atoms with Gasteiger partial charge in [0.2, 0.25) is 0 Å². The fourth-order valence-electron chi connectivity index (χ4n) is 1.79. The first-order valence-corrected chi connectivity index (χ1v) is 6.12. The lowest BCUT2D eigenvalue weighted by molar-refractivity contribution is 0.0698. The summed E-state index contributed by atoms with van der Waals surface area (Å²) in [5.74, 6) is -1.60. The number of hydrogen-bond donors (Lipinski definition) is 3. The van der Waals surface area contributed by atoms with Gasteiger partial charge in [0, 0.05) is 11.4 Å². The molecule has 6 heteroatoms. The van der Waals surface area contributed by atoms with Crippen LogP contribution in [-0.4, -0.2) is 11.1 Å². The summed E-state index contributed by atoms with van der Waals surface area (Å²) in [5, 5.41) is 12.2. The van der Waals surface area contributed by atoms with Crippen LogP contribution in [0.5, 0.6) is 0 Å². The average molecular weight is 295 g/mol. The molecule has 2 aromatic rings. The van der Waals surface area contributed by atoms with E-state index in [1.54, 1.807) is 13.0 Å². The predicted octanol–water partition coefficient (Wildman–Crippen LogP) is 3.81. The largest absolute Gasteiger partial charge is 0.478 e. The molecule has 0 atom stereocenters. The van der Waals surface area contributed by atoms with Crippen molar-refractivity contribution >= 4 is 34.6 Å². The average Bonchev–Trinajstić information content (AvgIpc) is 2.36. The Morgan fingerprint density at radius 3 is 2.70 bits per heavy atom. The molecule has 0 aliphatic rings. The Hall–Kier alpha value is -2.27. The maximum Gasteiger partial charge on any atom is 0.337 e. The second-order valence-corrected chi connectivity index (χ2v) is 4.72. The zero-order valence-electron chi connectivity index (χ0n) is 10.6. The standard InChI is InChI=1S/C14H12ClFN2O2/c1-7-2-3-8(16)4-12(7)18-13-10(14(19)20)5-9(17)6-11(13)15/h2-6,18H,17H2,1H3,(H,19,20). The molecule has 104 valence electrons. The molecule has 0 aliphatic heterocycles. The first-order chi connectivity index (χ1) is 9.38. The fraction of sp³-hybridized carbons (Fsp3) is 0.0714. The Bertz CT molecular complexity index is 689. The van der Waals surface area contributed by atoms with E-state index in [2.05, 4.69) is 5.32 Å². The molecule has 0 fully saturated rings. The molecular weight excluding hydrogens is 283 g/mol. The number of aromatic carboxylic acids is 1. The fourth-order valence-corrected chi connectivity index (χ4v) is 2.06. The zero-order valence-corrected chi connectivity index (χ0v) is 11.3. The molecule has 2 rings (SSSR count). The van der Waals surface area contributed by atoms with Crippen molar-refractivity contribution in [1.29, 1.82) is 0 Å². The van der Waals surface area contributed by atoms with Crippen LogP contribution in [0.3, 0.4) is 0 Å². The van der Waals surface area contributed by atoms with E-state index in [0.29, 0.717) is 5.69 Å². The van der Waals surface area contributed by atoms with E-state index in [9.17, 15) is 14.3 Å². The number of nitrogens with two attached hydrogens (primary N) is 1. The van der Waals surface area contributed by atoms with Crippen LogP contribution >= 0.6 is 11.6 Å². The van der Waals surface area contributed by atoms with E-state index in [-0.39, 0.29) is 22.0 Å². The van der Waals surface area contributed by atoms with Crippen molar-refractivity contribution in [2.45, 2.75) is 6.92 Å². The Labute approximate surface area is 120 Å². The van der Waals surface area contributed by atoms with Gasteiger partial charge >= 0.3 is 5.97 Å². The summed E-state index contributed by atoms with van der Waals surface area (Å²) in [7, 11) is 0. The van der Waals surface area contributed by atoms with E-state index in [0.717, 1.165) is 5.56 Å². The van der Waals surface area contributed by atoms with E-state index in [1.807, 2.05) is 0 Å². The number of anilines is 3. The van der Waals surface area contributed by atoms with E-state index in [1.165, 1.54) is 24.3 Å². The Kier molecular flexibility index (Phi) is 3.81. The van der Waals surface area contributed by atoms with Crippen molar-refractivity contribution in [1.82, 2.24) is 0 Å². The third kappa shape index (κ3) is 2.83. The van der Waals surface area contributed by atoms with Crippen molar-refractivity contribution in [3.63, 3.8) is 0 Å². The normalized spacial score (nSPS) is 10.3. The van der Waals surface area contributed by atoms with Crippen LogP contribution in [0.1, 0.15) is 15.9 Å². The van der Waals surface area contributed by atoms with Crippen LogP contribution in [0.15, 0.2) is 30.3 Å². The number of carbonyl (C=O) groups is 1. The SMILES string of the molecule is Cc1ccc(F)cc1Nc1c(Cl)cc(N)cc1C(=O)O. The molecule has 0 spiro atoms. The highest BCUT2D eigenvalue weighted by Crippen LogP contribution is 2.33. The molecule has 0 unspecified atom stereocenters. The van der Waals surface area contributed by atoms with Gasteiger partial charge < -0.3 is 16.2 Å². The zero-order chi connectivity index (χ0) is 14.9. The summed E-state index contributed by atoms with van der Waals surface area (Å²) in [6.45, 7) is 1.77. The van der Waals surface area contributed by atoms with Gasteiger partial charge in [-0.25, -0.2) is 9.18 Å². The smallest absolute Gasteiger partial charge is 0.337 e. The van der Waals surface area contributed by atoms with Gasteiger partial charge in [0.05, 0.1) is 16.3 Å². The van der Waals surface area contributed by atoms with Crippen molar-refractivity contribution in [2.24, 2.45) is 0 Å². The third-order valence-electron chi connectivity index (χ3n) is 2.80. The van der Waals surface area contributed by atoms with Gasteiger partial charge in [-0.05, 0) is 36.8 Å². The lowest BCUT2D eigenvalue weighted by Gasteiger charge is -2.14. The minimum absolute atomic E-state index is 0.0707. The lowest BCUT2D eigenvalue weighted by Crippen LogP contribution is -2.05. The van der Waals surface area contributed by atoms with Gasteiger partial charge in [-0.3, -0.25) is 0 Å². The van der Waals surface area contributed by atoms with Gasteiger partial charge in [-0.2, -0.15) is 0 Å². The highest BCUT2D eigenvalue weighted by atomic mass is 35.5. The number of carboxylic acid groups (broad SMARTS) is 1. The second kappa shape index (κ2) is 5.38. The van der Waals surface area contributed by atoms with E-state index in [4.69, 9.17) is 17.3 Å². The first-order valence-electron chi connectivity index (χ1n) is 5.74. The van der Waals surface area contributed by atoms with Gasteiger partial charge in [0.25, 0.3) is 0 Å². The van der Waals surface area contributed by atoms with Crippen molar-refractivity contribution in [2.75, 3.05) is 11.1 Å². The Balaban J connectivity index is 2.53. The molecule has 0 saturated carbocycles. The van der Waals surface area contributed by atoms with E-state index < -0.39 is 11.8 Å². The number of nitrogen functional groups attached to an aromatic ring is 1. The number of halogens is 2.